The quantitative estimate of drug-likeness (QED) is 0.788. The lowest BCUT2D eigenvalue weighted by Crippen LogP contribution is -2.54. The second kappa shape index (κ2) is 5.83. The fourth-order valence-electron chi connectivity index (χ4n) is 2.75. The van der Waals surface area contributed by atoms with Gasteiger partial charge in [0.2, 0.25) is 0 Å². The van der Waals surface area contributed by atoms with E-state index in [0.29, 0.717) is 18.6 Å². The number of halogens is 1. The average molecular weight is 335 g/mol. The van der Waals surface area contributed by atoms with Crippen molar-refractivity contribution >= 4 is 18.5 Å². The Kier molecular flexibility index (Phi) is 4.22. The highest BCUT2D eigenvalue weighted by Gasteiger charge is 2.51. The van der Waals surface area contributed by atoms with Crippen LogP contribution in [-0.2, 0) is 14.0 Å². The third-order valence-corrected chi connectivity index (χ3v) is 5.22. The van der Waals surface area contributed by atoms with E-state index >= 15 is 0 Å². The molecule has 0 atom stereocenters. The summed E-state index contributed by atoms with van der Waals surface area (Å²) in [5.41, 5.74) is -0.351. The van der Waals surface area contributed by atoms with Gasteiger partial charge in [-0.25, -0.2) is 4.39 Å². The van der Waals surface area contributed by atoms with Crippen LogP contribution in [0.2, 0.25) is 0 Å². The lowest BCUT2D eigenvalue weighted by Gasteiger charge is -2.38. The van der Waals surface area contributed by atoms with E-state index in [2.05, 4.69) is 0 Å². The van der Waals surface area contributed by atoms with E-state index in [4.69, 9.17) is 14.0 Å². The minimum absolute atomic E-state index is 0.0426. The topological polar surface area (TPSA) is 48.0 Å². The molecule has 2 saturated heterocycles. The summed E-state index contributed by atoms with van der Waals surface area (Å²) in [7, 11) is 0.961. The number of benzene rings is 1. The summed E-state index contributed by atoms with van der Waals surface area (Å²) in [6, 6.07) is 4.51. The summed E-state index contributed by atoms with van der Waals surface area (Å²) < 4.78 is 31.4. The molecule has 3 rings (SSSR count). The second-order valence-corrected chi connectivity index (χ2v) is 7.40. The number of carbonyl (C=O) groups is 1. The maximum absolute atomic E-state index is 14.4. The summed E-state index contributed by atoms with van der Waals surface area (Å²) in [6.07, 6.45) is 0.0426. The molecule has 1 aromatic carbocycles. The first kappa shape index (κ1) is 17.4. The van der Waals surface area contributed by atoms with Gasteiger partial charge < -0.3 is 18.9 Å². The van der Waals surface area contributed by atoms with Gasteiger partial charge in [-0.15, -0.1) is 0 Å². The molecule has 7 heteroatoms. The molecule has 1 amide bonds. The van der Waals surface area contributed by atoms with Gasteiger partial charge in [0, 0.05) is 20.2 Å². The van der Waals surface area contributed by atoms with Crippen LogP contribution in [0.5, 0.6) is 0 Å². The Hall–Kier alpha value is -1.44. The molecular formula is C17H23BFNO4. The highest BCUT2D eigenvalue weighted by molar-refractivity contribution is 6.62. The molecule has 2 heterocycles. The van der Waals surface area contributed by atoms with Gasteiger partial charge in [-0.3, -0.25) is 4.79 Å². The van der Waals surface area contributed by atoms with Crippen molar-refractivity contribution in [1.29, 1.82) is 0 Å². The van der Waals surface area contributed by atoms with E-state index in [-0.39, 0.29) is 17.6 Å². The average Bonchev–Trinajstić information content (AvgIpc) is 2.66. The molecule has 0 aliphatic carbocycles. The number of ether oxygens (including phenoxy) is 1. The van der Waals surface area contributed by atoms with Crippen molar-refractivity contribution < 1.29 is 23.2 Å². The maximum Gasteiger partial charge on any atom is 0.494 e. The Bertz CT molecular complexity index is 642. The molecule has 0 radical (unpaired) electrons. The van der Waals surface area contributed by atoms with Crippen LogP contribution in [-0.4, -0.2) is 55.4 Å². The predicted molar refractivity (Wildman–Crippen MR) is 88.8 cm³/mol. The van der Waals surface area contributed by atoms with Gasteiger partial charge in [0.1, 0.15) is 5.82 Å². The maximum atomic E-state index is 14.4. The standard InChI is InChI=1S/C17H23BFNO4/c1-16(2)17(3,4)24-18(23-16)11-6-7-13(14(19)8-11)15(21)20-9-12(10-20)22-5/h6-8,12H,9-10H2,1-5H3. The largest absolute Gasteiger partial charge is 0.494 e. The van der Waals surface area contributed by atoms with Gasteiger partial charge in [0.15, 0.2) is 0 Å². The number of carbonyl (C=O) groups excluding carboxylic acids is 1. The number of rotatable bonds is 3. The van der Waals surface area contributed by atoms with Crippen LogP contribution in [0, 0.1) is 5.82 Å². The van der Waals surface area contributed by atoms with Gasteiger partial charge in [-0.2, -0.15) is 0 Å². The fourth-order valence-corrected chi connectivity index (χ4v) is 2.75. The van der Waals surface area contributed by atoms with Crippen molar-refractivity contribution in [2.45, 2.75) is 45.0 Å². The molecule has 0 N–H and O–H groups in total. The van der Waals surface area contributed by atoms with Crippen LogP contribution in [0.15, 0.2) is 18.2 Å². The van der Waals surface area contributed by atoms with Crippen molar-refractivity contribution in [3.8, 4) is 0 Å². The number of likely N-dealkylation sites (tertiary alicyclic amines) is 1. The van der Waals surface area contributed by atoms with Crippen LogP contribution >= 0.6 is 0 Å². The Balaban J connectivity index is 1.75. The van der Waals surface area contributed by atoms with Crippen LogP contribution < -0.4 is 5.46 Å². The van der Waals surface area contributed by atoms with Crippen molar-refractivity contribution in [2.24, 2.45) is 0 Å². The van der Waals surface area contributed by atoms with E-state index in [1.54, 1.807) is 18.1 Å². The zero-order chi connectivity index (χ0) is 17.7. The molecule has 0 aromatic heterocycles. The summed E-state index contributed by atoms with van der Waals surface area (Å²) in [4.78, 5) is 13.9. The van der Waals surface area contributed by atoms with Crippen LogP contribution in [0.4, 0.5) is 4.39 Å². The zero-order valence-electron chi connectivity index (χ0n) is 14.8. The minimum atomic E-state index is -0.643. The van der Waals surface area contributed by atoms with Crippen molar-refractivity contribution in [3.63, 3.8) is 0 Å². The SMILES string of the molecule is COC1CN(C(=O)c2ccc(B3OC(C)(C)C(C)(C)O3)cc2F)C1. The highest BCUT2D eigenvalue weighted by Crippen LogP contribution is 2.36. The lowest BCUT2D eigenvalue weighted by molar-refractivity contribution is -0.0194. The summed E-state index contributed by atoms with van der Waals surface area (Å²) in [6.45, 7) is 8.75. The molecule has 5 nitrogen and oxygen atoms in total. The Morgan fingerprint density at radius 2 is 1.83 bits per heavy atom. The molecule has 1 aromatic rings. The third-order valence-electron chi connectivity index (χ3n) is 5.22. The summed E-state index contributed by atoms with van der Waals surface area (Å²) in [5, 5.41) is 0. The first-order valence-corrected chi connectivity index (χ1v) is 8.12. The number of nitrogens with zero attached hydrogens (tertiary/aromatic N) is 1. The smallest absolute Gasteiger partial charge is 0.399 e. The van der Waals surface area contributed by atoms with Gasteiger partial charge >= 0.3 is 7.12 Å². The van der Waals surface area contributed by atoms with Gasteiger partial charge in [0.05, 0.1) is 22.9 Å². The Morgan fingerprint density at radius 3 is 2.33 bits per heavy atom. The van der Waals surface area contributed by atoms with E-state index in [1.165, 1.54) is 12.1 Å². The highest BCUT2D eigenvalue weighted by atomic mass is 19.1. The Morgan fingerprint density at radius 1 is 1.25 bits per heavy atom. The van der Waals surface area contributed by atoms with E-state index in [1.807, 2.05) is 27.7 Å². The van der Waals surface area contributed by atoms with Gasteiger partial charge in [-0.05, 0) is 45.3 Å². The molecule has 0 saturated carbocycles. The molecule has 2 aliphatic rings. The van der Waals surface area contributed by atoms with E-state index < -0.39 is 24.1 Å². The first-order valence-electron chi connectivity index (χ1n) is 8.12. The number of amides is 1. The second-order valence-electron chi connectivity index (χ2n) is 7.40. The summed E-state index contributed by atoms with van der Waals surface area (Å²) in [5.74, 6) is -0.880. The predicted octanol–water partition coefficient (Wildman–Crippen LogP) is 1.60. The molecule has 130 valence electrons. The zero-order valence-corrected chi connectivity index (χ0v) is 14.8. The number of methoxy groups -OCH3 is 1. The van der Waals surface area contributed by atoms with Gasteiger partial charge in [-0.1, -0.05) is 6.07 Å². The number of hydrogen-bond donors (Lipinski definition) is 0. The van der Waals surface area contributed by atoms with Crippen LogP contribution in [0.1, 0.15) is 38.1 Å². The minimum Gasteiger partial charge on any atom is -0.399 e. The first-order chi connectivity index (χ1) is 11.1. The molecule has 2 aliphatic heterocycles. The summed E-state index contributed by atoms with van der Waals surface area (Å²) >= 11 is 0. The molecule has 0 bridgehead atoms. The molecule has 0 unspecified atom stereocenters. The lowest BCUT2D eigenvalue weighted by atomic mass is 9.78. The van der Waals surface area contributed by atoms with E-state index in [9.17, 15) is 9.18 Å². The van der Waals surface area contributed by atoms with Gasteiger partial charge in [0.25, 0.3) is 5.91 Å². The molecule has 0 spiro atoms. The molecule has 24 heavy (non-hydrogen) atoms. The molecular weight excluding hydrogens is 312 g/mol. The number of hydrogen-bond acceptors (Lipinski definition) is 4. The fraction of sp³-hybridized carbons (Fsp3) is 0.588. The monoisotopic (exact) mass is 335 g/mol. The van der Waals surface area contributed by atoms with Crippen LogP contribution in [0.25, 0.3) is 0 Å². The van der Waals surface area contributed by atoms with Crippen molar-refractivity contribution in [1.82, 2.24) is 4.90 Å². The van der Waals surface area contributed by atoms with Crippen LogP contribution in [0.3, 0.4) is 0 Å². The van der Waals surface area contributed by atoms with Crippen molar-refractivity contribution in [2.75, 3.05) is 20.2 Å². The Labute approximate surface area is 142 Å². The third kappa shape index (κ3) is 2.85. The van der Waals surface area contributed by atoms with Crippen molar-refractivity contribution in [3.05, 3.63) is 29.6 Å². The molecule has 2 fully saturated rings. The van der Waals surface area contributed by atoms with E-state index in [0.717, 1.165) is 0 Å². The normalized spacial score (nSPS) is 22.6.